The number of carbonyl (C=O) groups excluding carboxylic acids is 1. The standard InChI is InChI=1S/C16H18N2O3/c1-11(2)14(16(20)21)17-15(19)12-5-7-13(8-6-12)18-9-3-4-10-18/h3-11,14H,1-2H3,(H,17,19)(H,20,21)/t14-/m1/s1. The Labute approximate surface area is 123 Å². The minimum absolute atomic E-state index is 0.175. The van der Waals surface area contributed by atoms with Crippen LogP contribution in [0.4, 0.5) is 0 Å². The molecule has 0 aliphatic rings. The number of carboxylic acid groups (broad SMARTS) is 1. The van der Waals surface area contributed by atoms with Crippen molar-refractivity contribution in [3.05, 3.63) is 54.4 Å². The number of hydrogen-bond donors (Lipinski definition) is 2. The van der Waals surface area contributed by atoms with Crippen LogP contribution in [-0.2, 0) is 4.79 Å². The third kappa shape index (κ3) is 3.51. The van der Waals surface area contributed by atoms with Gasteiger partial charge in [0.05, 0.1) is 0 Å². The summed E-state index contributed by atoms with van der Waals surface area (Å²) in [6.45, 7) is 3.52. The molecule has 0 aliphatic carbocycles. The second kappa shape index (κ2) is 6.26. The maximum Gasteiger partial charge on any atom is 0.326 e. The van der Waals surface area contributed by atoms with E-state index in [1.165, 1.54) is 0 Å². The number of amides is 1. The predicted molar refractivity (Wildman–Crippen MR) is 79.5 cm³/mol. The molecule has 0 aliphatic heterocycles. The zero-order valence-electron chi connectivity index (χ0n) is 12.0. The van der Waals surface area contributed by atoms with Gasteiger partial charge in [-0.15, -0.1) is 0 Å². The number of aliphatic carboxylic acids is 1. The van der Waals surface area contributed by atoms with Gasteiger partial charge in [-0.1, -0.05) is 13.8 Å². The molecular weight excluding hydrogens is 268 g/mol. The molecule has 1 atom stereocenters. The largest absolute Gasteiger partial charge is 0.480 e. The van der Waals surface area contributed by atoms with E-state index in [0.29, 0.717) is 5.56 Å². The van der Waals surface area contributed by atoms with Crippen molar-refractivity contribution in [1.29, 1.82) is 0 Å². The highest BCUT2D eigenvalue weighted by Gasteiger charge is 2.23. The molecule has 1 heterocycles. The van der Waals surface area contributed by atoms with Gasteiger partial charge in [0.1, 0.15) is 6.04 Å². The van der Waals surface area contributed by atoms with Crippen molar-refractivity contribution in [2.24, 2.45) is 5.92 Å². The van der Waals surface area contributed by atoms with Crippen LogP contribution in [0.2, 0.25) is 0 Å². The maximum atomic E-state index is 12.1. The van der Waals surface area contributed by atoms with E-state index in [2.05, 4.69) is 5.32 Å². The molecule has 0 radical (unpaired) electrons. The van der Waals surface area contributed by atoms with Gasteiger partial charge < -0.3 is 15.0 Å². The van der Waals surface area contributed by atoms with Crippen molar-refractivity contribution in [3.8, 4) is 5.69 Å². The molecule has 1 amide bonds. The van der Waals surface area contributed by atoms with Gasteiger partial charge >= 0.3 is 5.97 Å². The Balaban J connectivity index is 2.11. The first-order chi connectivity index (χ1) is 9.99. The SMILES string of the molecule is CC(C)[C@@H](NC(=O)c1ccc(-n2cccc2)cc1)C(=O)O. The third-order valence-corrected chi connectivity index (χ3v) is 3.25. The minimum Gasteiger partial charge on any atom is -0.480 e. The van der Waals surface area contributed by atoms with Crippen LogP contribution in [0.3, 0.4) is 0 Å². The molecule has 1 aromatic heterocycles. The fourth-order valence-electron chi connectivity index (χ4n) is 2.03. The Morgan fingerprint density at radius 1 is 1.10 bits per heavy atom. The Kier molecular flexibility index (Phi) is 4.42. The molecule has 0 unspecified atom stereocenters. The summed E-state index contributed by atoms with van der Waals surface area (Å²) in [5.41, 5.74) is 1.38. The molecule has 110 valence electrons. The van der Waals surface area contributed by atoms with Crippen molar-refractivity contribution in [1.82, 2.24) is 9.88 Å². The second-order valence-corrected chi connectivity index (χ2v) is 5.17. The summed E-state index contributed by atoms with van der Waals surface area (Å²) in [5, 5.41) is 11.6. The Hall–Kier alpha value is -2.56. The van der Waals surface area contributed by atoms with E-state index >= 15 is 0 Å². The zero-order valence-corrected chi connectivity index (χ0v) is 12.0. The monoisotopic (exact) mass is 286 g/mol. The van der Waals surface area contributed by atoms with E-state index in [1.807, 2.05) is 41.2 Å². The summed E-state index contributed by atoms with van der Waals surface area (Å²) < 4.78 is 1.93. The van der Waals surface area contributed by atoms with E-state index in [9.17, 15) is 9.59 Å². The zero-order chi connectivity index (χ0) is 15.4. The average Bonchev–Trinajstić information content (AvgIpc) is 2.98. The number of aromatic nitrogens is 1. The number of carbonyl (C=O) groups is 2. The molecule has 5 heteroatoms. The van der Waals surface area contributed by atoms with Crippen LogP contribution in [0, 0.1) is 5.92 Å². The van der Waals surface area contributed by atoms with E-state index in [-0.39, 0.29) is 11.8 Å². The van der Waals surface area contributed by atoms with Crippen LogP contribution in [-0.4, -0.2) is 27.6 Å². The summed E-state index contributed by atoms with van der Waals surface area (Å²) in [5.74, 6) is -1.58. The van der Waals surface area contributed by atoms with Crippen molar-refractivity contribution in [2.75, 3.05) is 0 Å². The molecule has 1 aromatic carbocycles. The minimum atomic E-state index is -1.03. The van der Waals surface area contributed by atoms with Gasteiger partial charge in [-0.25, -0.2) is 4.79 Å². The van der Waals surface area contributed by atoms with Crippen molar-refractivity contribution in [3.63, 3.8) is 0 Å². The quantitative estimate of drug-likeness (QED) is 0.886. The Morgan fingerprint density at radius 2 is 1.67 bits per heavy atom. The molecule has 5 nitrogen and oxygen atoms in total. The summed E-state index contributed by atoms with van der Waals surface area (Å²) in [4.78, 5) is 23.2. The fourth-order valence-corrected chi connectivity index (χ4v) is 2.03. The lowest BCUT2D eigenvalue weighted by Gasteiger charge is -2.18. The van der Waals surface area contributed by atoms with Crippen LogP contribution >= 0.6 is 0 Å². The van der Waals surface area contributed by atoms with Crippen molar-refractivity contribution in [2.45, 2.75) is 19.9 Å². The molecule has 0 spiro atoms. The van der Waals surface area contributed by atoms with Crippen LogP contribution in [0.15, 0.2) is 48.8 Å². The number of rotatable bonds is 5. The lowest BCUT2D eigenvalue weighted by molar-refractivity contribution is -0.140. The van der Waals surface area contributed by atoms with Crippen LogP contribution < -0.4 is 5.32 Å². The molecule has 0 saturated heterocycles. The number of hydrogen-bond acceptors (Lipinski definition) is 2. The van der Waals surface area contributed by atoms with Crippen LogP contribution in [0.1, 0.15) is 24.2 Å². The molecule has 0 fully saturated rings. The van der Waals surface area contributed by atoms with Gasteiger partial charge in [-0.05, 0) is 42.3 Å². The van der Waals surface area contributed by atoms with Crippen LogP contribution in [0.25, 0.3) is 5.69 Å². The van der Waals surface area contributed by atoms with Gasteiger partial charge in [0, 0.05) is 23.6 Å². The van der Waals surface area contributed by atoms with Gasteiger partial charge in [-0.2, -0.15) is 0 Å². The summed E-state index contributed by atoms with van der Waals surface area (Å²) in [7, 11) is 0. The molecule has 0 bridgehead atoms. The van der Waals surface area contributed by atoms with Gasteiger partial charge in [0.25, 0.3) is 5.91 Å². The van der Waals surface area contributed by atoms with Gasteiger partial charge in [0.15, 0.2) is 0 Å². The predicted octanol–water partition coefficient (Wildman–Crippen LogP) is 2.32. The number of nitrogens with one attached hydrogen (secondary N) is 1. The van der Waals surface area contributed by atoms with Crippen molar-refractivity contribution >= 4 is 11.9 Å². The maximum absolute atomic E-state index is 12.1. The summed E-state index contributed by atoms with van der Waals surface area (Å²) >= 11 is 0. The molecule has 21 heavy (non-hydrogen) atoms. The topological polar surface area (TPSA) is 71.3 Å². The highest BCUT2D eigenvalue weighted by molar-refractivity contribution is 5.96. The molecular formula is C16H18N2O3. The Bertz CT molecular complexity index is 615. The smallest absolute Gasteiger partial charge is 0.326 e. The fraction of sp³-hybridized carbons (Fsp3) is 0.250. The first-order valence-corrected chi connectivity index (χ1v) is 6.76. The Morgan fingerprint density at radius 3 is 2.14 bits per heavy atom. The first kappa shape index (κ1) is 14.8. The summed E-state index contributed by atoms with van der Waals surface area (Å²) in [6.07, 6.45) is 3.82. The van der Waals surface area contributed by atoms with E-state index < -0.39 is 12.0 Å². The van der Waals surface area contributed by atoms with Crippen molar-refractivity contribution < 1.29 is 14.7 Å². The summed E-state index contributed by atoms with van der Waals surface area (Å²) in [6, 6.07) is 9.96. The lowest BCUT2D eigenvalue weighted by atomic mass is 10.0. The van der Waals surface area contributed by atoms with E-state index in [4.69, 9.17) is 5.11 Å². The van der Waals surface area contributed by atoms with E-state index in [0.717, 1.165) is 5.69 Å². The number of nitrogens with zero attached hydrogens (tertiary/aromatic N) is 1. The first-order valence-electron chi connectivity index (χ1n) is 6.76. The highest BCUT2D eigenvalue weighted by atomic mass is 16.4. The molecule has 0 saturated carbocycles. The van der Waals surface area contributed by atoms with Crippen LogP contribution in [0.5, 0.6) is 0 Å². The number of carboxylic acids is 1. The average molecular weight is 286 g/mol. The van der Waals surface area contributed by atoms with Gasteiger partial charge in [0.2, 0.25) is 0 Å². The second-order valence-electron chi connectivity index (χ2n) is 5.17. The molecule has 2 rings (SSSR count). The van der Waals surface area contributed by atoms with Gasteiger partial charge in [-0.3, -0.25) is 4.79 Å². The third-order valence-electron chi connectivity index (χ3n) is 3.25. The normalized spacial score (nSPS) is 12.1. The lowest BCUT2D eigenvalue weighted by Crippen LogP contribution is -2.44. The van der Waals surface area contributed by atoms with E-state index in [1.54, 1.807) is 26.0 Å². The highest BCUT2D eigenvalue weighted by Crippen LogP contribution is 2.11. The number of benzene rings is 1. The molecule has 2 aromatic rings. The molecule has 2 N–H and O–H groups in total.